The largest absolute Gasteiger partial charge is 0.483 e. The van der Waals surface area contributed by atoms with Crippen LogP contribution in [0.1, 0.15) is 16.8 Å². The average molecular weight is 392 g/mol. The lowest BCUT2D eigenvalue weighted by molar-refractivity contribution is -0.384. The fraction of sp³-hybridized carbons (Fsp3) is 0.143. The summed E-state index contributed by atoms with van der Waals surface area (Å²) in [4.78, 5) is 22.3. The number of nitro groups is 1. The molecule has 1 N–H and O–H groups in total. The van der Waals surface area contributed by atoms with Gasteiger partial charge in [0.15, 0.2) is 6.61 Å². The van der Waals surface area contributed by atoms with Crippen molar-refractivity contribution in [1.29, 1.82) is 0 Å². The van der Waals surface area contributed by atoms with Crippen molar-refractivity contribution in [2.24, 2.45) is 5.10 Å². The van der Waals surface area contributed by atoms with Crippen LogP contribution in [0.5, 0.6) is 5.75 Å². The molecule has 0 saturated heterocycles. The Balaban J connectivity index is 1.59. The van der Waals surface area contributed by atoms with Crippen LogP contribution < -0.4 is 10.2 Å². The molecule has 0 saturated carbocycles. The molecule has 0 spiro atoms. The number of hydrazone groups is 1. The first-order chi connectivity index (χ1) is 13.9. The predicted octanol–water partition coefficient (Wildman–Crippen LogP) is 3.53. The molecule has 0 aliphatic rings. The van der Waals surface area contributed by atoms with Crippen LogP contribution in [-0.4, -0.2) is 28.2 Å². The van der Waals surface area contributed by atoms with Crippen LogP contribution >= 0.6 is 0 Å². The van der Waals surface area contributed by atoms with Gasteiger partial charge >= 0.3 is 0 Å². The lowest BCUT2D eigenvalue weighted by atomic mass is 10.1. The molecule has 3 rings (SSSR count). The van der Waals surface area contributed by atoms with E-state index < -0.39 is 4.92 Å². The van der Waals surface area contributed by atoms with Crippen molar-refractivity contribution < 1.29 is 14.5 Å². The number of hydrogen-bond donors (Lipinski definition) is 1. The summed E-state index contributed by atoms with van der Waals surface area (Å²) in [6, 6.07) is 15.5. The molecule has 29 heavy (non-hydrogen) atoms. The zero-order valence-electron chi connectivity index (χ0n) is 16.0. The Labute approximate surface area is 167 Å². The summed E-state index contributed by atoms with van der Waals surface area (Å²) in [5.74, 6) is 0.274. The zero-order chi connectivity index (χ0) is 20.8. The van der Waals surface area contributed by atoms with E-state index >= 15 is 0 Å². The normalized spacial score (nSPS) is 10.8. The number of hydrogen-bond acceptors (Lipinski definition) is 5. The summed E-state index contributed by atoms with van der Waals surface area (Å²) < 4.78 is 7.32. The van der Waals surface area contributed by atoms with Crippen LogP contribution in [0.15, 0.2) is 65.9 Å². The quantitative estimate of drug-likeness (QED) is 0.378. The van der Waals surface area contributed by atoms with Gasteiger partial charge in [-0.2, -0.15) is 5.10 Å². The molecule has 8 nitrogen and oxygen atoms in total. The fourth-order valence-corrected chi connectivity index (χ4v) is 2.78. The second kappa shape index (κ2) is 8.83. The molecule has 2 aromatic carbocycles. The Morgan fingerprint density at radius 3 is 2.66 bits per heavy atom. The van der Waals surface area contributed by atoms with Gasteiger partial charge in [-0.05, 0) is 49.7 Å². The molecule has 0 unspecified atom stereocenters. The number of nitro benzene ring substituents is 1. The maximum Gasteiger partial charge on any atom is 0.277 e. The van der Waals surface area contributed by atoms with E-state index in [0.29, 0.717) is 11.4 Å². The van der Waals surface area contributed by atoms with Gasteiger partial charge in [-0.3, -0.25) is 14.9 Å². The van der Waals surface area contributed by atoms with Crippen molar-refractivity contribution >= 4 is 17.8 Å². The molecule has 0 fully saturated rings. The Kier molecular flexibility index (Phi) is 6.03. The van der Waals surface area contributed by atoms with Gasteiger partial charge in [0.25, 0.3) is 11.6 Å². The van der Waals surface area contributed by atoms with E-state index in [0.717, 1.165) is 16.8 Å². The molecule has 1 amide bonds. The second-order valence-electron chi connectivity index (χ2n) is 6.43. The highest BCUT2D eigenvalue weighted by molar-refractivity contribution is 5.82. The van der Waals surface area contributed by atoms with Crippen LogP contribution in [0.25, 0.3) is 5.69 Å². The molecule has 1 heterocycles. The Morgan fingerprint density at radius 1 is 1.21 bits per heavy atom. The number of carbonyl (C=O) groups is 1. The molecule has 3 aromatic rings. The SMILES string of the molecule is Cc1ccc(OCC(=O)N/N=C/c2cccn2-c2ccc([N+](=O)[O-])cc2)c(C)c1. The molecule has 8 heteroatoms. The van der Waals surface area contributed by atoms with Crippen LogP contribution in [-0.2, 0) is 4.79 Å². The molecular weight excluding hydrogens is 372 g/mol. The van der Waals surface area contributed by atoms with E-state index in [1.165, 1.54) is 18.3 Å². The van der Waals surface area contributed by atoms with Crippen LogP contribution in [0.2, 0.25) is 0 Å². The van der Waals surface area contributed by atoms with Gasteiger partial charge in [0.05, 0.1) is 16.8 Å². The summed E-state index contributed by atoms with van der Waals surface area (Å²) in [6.07, 6.45) is 3.30. The Hall–Kier alpha value is -3.94. The van der Waals surface area contributed by atoms with Crippen LogP contribution in [0, 0.1) is 24.0 Å². The first-order valence-electron chi connectivity index (χ1n) is 8.88. The van der Waals surface area contributed by atoms with Crippen LogP contribution in [0.4, 0.5) is 5.69 Å². The van der Waals surface area contributed by atoms with Crippen LogP contribution in [0.3, 0.4) is 0 Å². The molecular formula is C21H20N4O4. The van der Waals surface area contributed by atoms with Gasteiger partial charge in [0.1, 0.15) is 5.75 Å². The van der Waals surface area contributed by atoms with E-state index in [2.05, 4.69) is 10.5 Å². The standard InChI is InChI=1S/C21H20N4O4/c1-15-5-10-20(16(2)12-15)29-14-21(26)23-22-13-19-4-3-11-24(19)17-6-8-18(9-7-17)25(27)28/h3-13H,14H2,1-2H3,(H,23,26)/b22-13+. The van der Waals surface area contributed by atoms with Gasteiger partial charge in [0.2, 0.25) is 0 Å². The summed E-state index contributed by atoms with van der Waals surface area (Å²) in [5.41, 5.74) is 5.98. The molecule has 0 radical (unpaired) electrons. The van der Waals surface area contributed by atoms with Crippen molar-refractivity contribution in [1.82, 2.24) is 9.99 Å². The summed E-state index contributed by atoms with van der Waals surface area (Å²) in [5, 5.41) is 14.7. The Morgan fingerprint density at radius 2 is 1.97 bits per heavy atom. The first-order valence-corrected chi connectivity index (χ1v) is 8.88. The number of ether oxygens (including phenoxy) is 1. The minimum absolute atomic E-state index is 0.0206. The van der Waals surface area contributed by atoms with Crippen molar-refractivity contribution in [2.75, 3.05) is 6.61 Å². The summed E-state index contributed by atoms with van der Waals surface area (Å²) in [7, 11) is 0. The fourth-order valence-electron chi connectivity index (χ4n) is 2.78. The van der Waals surface area contributed by atoms with E-state index in [-0.39, 0.29) is 18.2 Å². The number of non-ortho nitro benzene ring substituents is 1. The smallest absolute Gasteiger partial charge is 0.277 e. The van der Waals surface area contributed by atoms with Crippen molar-refractivity contribution in [2.45, 2.75) is 13.8 Å². The predicted molar refractivity (Wildman–Crippen MR) is 110 cm³/mol. The van der Waals surface area contributed by atoms with E-state index in [9.17, 15) is 14.9 Å². The summed E-state index contributed by atoms with van der Waals surface area (Å²) in [6.45, 7) is 3.76. The van der Waals surface area contributed by atoms with E-state index in [4.69, 9.17) is 4.74 Å². The minimum Gasteiger partial charge on any atom is -0.483 e. The molecule has 0 aliphatic heterocycles. The van der Waals surface area contributed by atoms with Gasteiger partial charge in [-0.25, -0.2) is 5.43 Å². The van der Waals surface area contributed by atoms with Crippen molar-refractivity contribution in [3.63, 3.8) is 0 Å². The number of aryl methyl sites for hydroxylation is 2. The highest BCUT2D eigenvalue weighted by Crippen LogP contribution is 2.18. The number of aromatic nitrogens is 1. The van der Waals surface area contributed by atoms with Gasteiger partial charge in [0, 0.05) is 24.0 Å². The van der Waals surface area contributed by atoms with Crippen molar-refractivity contribution in [3.05, 3.63) is 87.7 Å². The molecule has 0 atom stereocenters. The molecule has 1 aromatic heterocycles. The highest BCUT2D eigenvalue weighted by Gasteiger charge is 2.07. The Bertz CT molecular complexity index is 1050. The molecule has 148 valence electrons. The number of amides is 1. The topological polar surface area (TPSA) is 98.8 Å². The monoisotopic (exact) mass is 392 g/mol. The number of nitrogens with zero attached hydrogens (tertiary/aromatic N) is 3. The maximum atomic E-state index is 12.0. The second-order valence-corrected chi connectivity index (χ2v) is 6.43. The number of benzene rings is 2. The van der Waals surface area contributed by atoms with E-state index in [1.54, 1.807) is 22.9 Å². The highest BCUT2D eigenvalue weighted by atomic mass is 16.6. The lowest BCUT2D eigenvalue weighted by Crippen LogP contribution is -2.24. The van der Waals surface area contributed by atoms with E-state index in [1.807, 2.05) is 44.2 Å². The first kappa shape index (κ1) is 19.8. The number of carbonyl (C=O) groups excluding carboxylic acids is 1. The third-order valence-electron chi connectivity index (χ3n) is 4.19. The molecule has 0 aliphatic carbocycles. The summed E-state index contributed by atoms with van der Waals surface area (Å²) >= 11 is 0. The number of rotatable bonds is 7. The maximum absolute atomic E-state index is 12.0. The van der Waals surface area contributed by atoms with Gasteiger partial charge in [-0.1, -0.05) is 17.7 Å². The van der Waals surface area contributed by atoms with Gasteiger partial charge < -0.3 is 9.30 Å². The lowest BCUT2D eigenvalue weighted by Gasteiger charge is -2.09. The van der Waals surface area contributed by atoms with Gasteiger partial charge in [-0.15, -0.1) is 0 Å². The number of nitrogens with one attached hydrogen (secondary N) is 1. The third kappa shape index (κ3) is 5.07. The third-order valence-corrected chi connectivity index (χ3v) is 4.19. The minimum atomic E-state index is -0.447. The average Bonchev–Trinajstić information content (AvgIpc) is 3.16. The van der Waals surface area contributed by atoms with Crippen molar-refractivity contribution in [3.8, 4) is 11.4 Å². The molecule has 0 bridgehead atoms. The zero-order valence-corrected chi connectivity index (χ0v) is 16.0.